The molecule has 2 spiro atoms. The summed E-state index contributed by atoms with van der Waals surface area (Å²) >= 11 is -2.39. The van der Waals surface area contributed by atoms with Gasteiger partial charge in [0.25, 0.3) is 0 Å². The van der Waals surface area contributed by atoms with Crippen molar-refractivity contribution < 1.29 is 19.4 Å². The topological polar surface area (TPSA) is 59.0 Å². The summed E-state index contributed by atoms with van der Waals surface area (Å²) in [4.78, 5) is 16.4. The zero-order valence-electron chi connectivity index (χ0n) is 30.7. The van der Waals surface area contributed by atoms with E-state index in [-0.39, 0.29) is 35.7 Å². The van der Waals surface area contributed by atoms with Crippen LogP contribution >= 0.6 is 0 Å². The number of amides is 1. The number of aliphatic hydroxyl groups is 1. The molecule has 266 valence electrons. The van der Waals surface area contributed by atoms with E-state index in [0.717, 1.165) is 29.9 Å². The molecule has 8 fully saturated rings. The van der Waals surface area contributed by atoms with Gasteiger partial charge in [0, 0.05) is 0 Å². The number of hydrogen-bond acceptors (Lipinski definition) is 4. The molecule has 11 atom stereocenters. The number of unbranched alkanes of at least 4 members (excludes halogenated alkanes) is 3. The van der Waals surface area contributed by atoms with Crippen molar-refractivity contribution in [1.82, 2.24) is 4.90 Å². The Hall–Kier alpha value is -0.791. The fourth-order valence-corrected chi connectivity index (χ4v) is 34.3. The van der Waals surface area contributed by atoms with E-state index in [1.54, 1.807) is 17.7 Å². The van der Waals surface area contributed by atoms with E-state index >= 15 is 0 Å². The average molecular weight is 767 g/mol. The first kappa shape index (κ1) is 34.3. The van der Waals surface area contributed by atoms with Gasteiger partial charge in [-0.15, -0.1) is 0 Å². The van der Waals surface area contributed by atoms with Gasteiger partial charge in [-0.2, -0.15) is 0 Å². The molecule has 1 heterocycles. The summed E-state index contributed by atoms with van der Waals surface area (Å²) in [6.07, 6.45) is 16.4. The Labute approximate surface area is 295 Å². The Bertz CT molecular complexity index is 1320. The number of ether oxygens (including phenoxy) is 2. The van der Waals surface area contributed by atoms with Crippen molar-refractivity contribution in [3.63, 3.8) is 0 Å². The zero-order valence-corrected chi connectivity index (χ0v) is 33.5. The number of aliphatic hydroxyl groups excluding tert-OH is 1. The van der Waals surface area contributed by atoms with Gasteiger partial charge in [0.1, 0.15) is 0 Å². The van der Waals surface area contributed by atoms with Crippen LogP contribution < -0.4 is 0 Å². The minimum atomic E-state index is -2.39. The van der Waals surface area contributed by atoms with Crippen LogP contribution in [0.15, 0.2) is 30.3 Å². The van der Waals surface area contributed by atoms with Crippen LogP contribution in [0.25, 0.3) is 0 Å². The number of carbonyl (C=O) groups excluding carboxylic acids is 1. The van der Waals surface area contributed by atoms with Gasteiger partial charge < -0.3 is 0 Å². The predicted octanol–water partition coefficient (Wildman–Crippen LogP) is 9.70. The Morgan fingerprint density at radius 3 is 2.38 bits per heavy atom. The first-order chi connectivity index (χ1) is 23.3. The molecule has 0 aromatic heterocycles. The molecule has 8 aliphatic rings. The molecule has 6 heteroatoms. The van der Waals surface area contributed by atoms with Crippen LogP contribution in [0.5, 0.6) is 0 Å². The van der Waals surface area contributed by atoms with Crippen LogP contribution in [0, 0.1) is 51.2 Å². The minimum absolute atomic E-state index is 0.0880. The normalized spacial score (nSPS) is 42.6. The summed E-state index contributed by atoms with van der Waals surface area (Å²) in [5.74, 6) is 3.62. The van der Waals surface area contributed by atoms with Gasteiger partial charge in [-0.3, -0.25) is 0 Å². The standard InChI is InChI=1S/C30H38NO4.3C4H9.Sn/c1-27-9-6-10-30-21-13-19-22-23(25(30)34-12-11-32)29(21,16-28(19,22)2)14-20(24(27)30)31(17-27)26(33)35-15-18-7-4-3-5-8-18;3*1-3-4-2;/h3-5,7-8,19-25,32H,2,6,9-17H2,1H3;3*1,3-4H2,2H3;/t19-,20-,21+,22?,23?,24+,25?,27-,28+,29-,30+;;;;/m0..../s1. The second kappa shape index (κ2) is 12.7. The third-order valence-electron chi connectivity index (χ3n) is 16.4. The SMILES string of the molecule is CCC[CH2][Sn]([CH2]CCC)([CH2]CCC)[CH2][C@]12C[C@]34C[C@H]5[C@@H]6[C@@](C)(CCC[C@]67C(OCCO)C3C1[C@@H]2C[C@H]47)CN5C(=O)OCc1ccccc1. The zero-order chi connectivity index (χ0) is 33.4. The quantitative estimate of drug-likeness (QED) is 0.170. The van der Waals surface area contributed by atoms with Crippen molar-refractivity contribution in [2.75, 3.05) is 19.8 Å². The summed E-state index contributed by atoms with van der Waals surface area (Å²) in [7, 11) is 0. The van der Waals surface area contributed by atoms with Gasteiger partial charge in [-0.05, 0) is 0 Å². The molecule has 1 N–H and O–H groups in total. The average Bonchev–Trinajstić information content (AvgIpc) is 3.47. The molecule has 7 bridgehead atoms. The molecule has 3 unspecified atom stereocenters. The van der Waals surface area contributed by atoms with E-state index in [9.17, 15) is 9.90 Å². The second-order valence-corrected chi connectivity index (χ2v) is 32.5. The van der Waals surface area contributed by atoms with Crippen LogP contribution in [0.2, 0.25) is 17.7 Å². The second-order valence-electron chi connectivity index (χ2n) is 18.6. The first-order valence-corrected chi connectivity index (χ1v) is 28.6. The van der Waals surface area contributed by atoms with Gasteiger partial charge in [0.05, 0.1) is 0 Å². The van der Waals surface area contributed by atoms with Crippen molar-refractivity contribution in [2.24, 2.45) is 51.2 Å². The molecule has 0 radical (unpaired) electrons. The van der Waals surface area contributed by atoms with E-state index in [1.807, 2.05) is 18.2 Å². The smallest absolute Gasteiger partial charge is 0.0622 e. The van der Waals surface area contributed by atoms with Gasteiger partial charge in [-0.25, -0.2) is 0 Å². The number of hydrogen-bond donors (Lipinski definition) is 1. The molecular weight excluding hydrogens is 701 g/mol. The molecular formula is C42H65NO4Sn. The predicted molar refractivity (Wildman–Crippen MR) is 194 cm³/mol. The minimum Gasteiger partial charge on any atom is -0.0622 e. The van der Waals surface area contributed by atoms with Crippen LogP contribution in [0.3, 0.4) is 0 Å². The fraction of sp³-hybridized carbons (Fsp3) is 0.833. The van der Waals surface area contributed by atoms with Gasteiger partial charge in [-0.1, -0.05) is 18.2 Å². The number of likely N-dealkylation sites (tertiary alicyclic amines) is 1. The van der Waals surface area contributed by atoms with Crippen molar-refractivity contribution in [1.29, 1.82) is 0 Å². The third-order valence-corrected chi connectivity index (χ3v) is 32.6. The van der Waals surface area contributed by atoms with Crippen LogP contribution in [-0.4, -0.2) is 66.4 Å². The first-order valence-electron chi connectivity index (χ1n) is 20.5. The molecule has 1 aliphatic heterocycles. The molecule has 1 aromatic rings. The summed E-state index contributed by atoms with van der Waals surface area (Å²) in [5, 5.41) is 10.2. The van der Waals surface area contributed by atoms with E-state index in [0.29, 0.717) is 35.9 Å². The Morgan fingerprint density at radius 2 is 1.71 bits per heavy atom. The van der Waals surface area contributed by atoms with E-state index < -0.39 is 18.4 Å². The summed E-state index contributed by atoms with van der Waals surface area (Å²) in [6.45, 7) is 11.5. The Balaban J connectivity index is 1.15. The monoisotopic (exact) mass is 767 g/mol. The molecule has 1 saturated heterocycles. The van der Waals surface area contributed by atoms with Crippen LogP contribution in [0.1, 0.15) is 110 Å². The molecule has 48 heavy (non-hydrogen) atoms. The Morgan fingerprint density at radius 1 is 1.00 bits per heavy atom. The molecule has 7 saturated carbocycles. The maximum absolute atomic E-state index is 14.1. The van der Waals surface area contributed by atoms with Gasteiger partial charge >= 0.3 is 279 Å². The number of carbonyl (C=O) groups is 1. The molecule has 1 aromatic carbocycles. The van der Waals surface area contributed by atoms with Gasteiger partial charge in [0.15, 0.2) is 0 Å². The fourth-order valence-electron chi connectivity index (χ4n) is 15.4. The number of rotatable bonds is 16. The molecule has 1 amide bonds. The van der Waals surface area contributed by atoms with E-state index in [1.165, 1.54) is 77.0 Å². The summed E-state index contributed by atoms with van der Waals surface area (Å²) in [5.41, 5.74) is 2.20. The molecule has 9 rings (SSSR count). The van der Waals surface area contributed by atoms with Crippen LogP contribution in [-0.2, 0) is 16.1 Å². The van der Waals surface area contributed by atoms with Crippen molar-refractivity contribution in [3.05, 3.63) is 35.9 Å². The van der Waals surface area contributed by atoms with Crippen molar-refractivity contribution in [2.45, 2.75) is 141 Å². The third kappa shape index (κ3) is 4.83. The van der Waals surface area contributed by atoms with Crippen LogP contribution in [0.4, 0.5) is 4.79 Å². The Kier molecular flexibility index (Phi) is 9.08. The summed E-state index contributed by atoms with van der Waals surface area (Å²) < 4.78 is 19.7. The van der Waals surface area contributed by atoms with Crippen molar-refractivity contribution in [3.8, 4) is 0 Å². The molecule has 7 aliphatic carbocycles. The summed E-state index contributed by atoms with van der Waals surface area (Å²) in [6, 6.07) is 10.5. The van der Waals surface area contributed by atoms with E-state index in [4.69, 9.17) is 9.47 Å². The van der Waals surface area contributed by atoms with E-state index in [2.05, 4.69) is 44.7 Å². The van der Waals surface area contributed by atoms with Gasteiger partial charge in [0.2, 0.25) is 0 Å². The molecule has 5 nitrogen and oxygen atoms in total. The maximum atomic E-state index is 14.1. The number of benzene rings is 1. The number of nitrogens with zero attached hydrogens (tertiary/aromatic N) is 1. The van der Waals surface area contributed by atoms with Crippen molar-refractivity contribution >= 4 is 24.5 Å².